The molecule has 34 heavy (non-hydrogen) atoms. The Bertz CT molecular complexity index is 1200. The van der Waals surface area contributed by atoms with Crippen LogP contribution in [0.3, 0.4) is 0 Å². The number of fused-ring (bicyclic) bond motifs is 1. The van der Waals surface area contributed by atoms with Crippen LogP contribution >= 0.6 is 0 Å². The minimum atomic E-state index is -5.53. The van der Waals surface area contributed by atoms with Crippen LogP contribution in [0, 0.1) is 0 Å². The van der Waals surface area contributed by atoms with Crippen molar-refractivity contribution in [2.75, 3.05) is 18.6 Å². The number of hydrogen-bond donors (Lipinski definition) is 1. The van der Waals surface area contributed by atoms with Crippen molar-refractivity contribution in [3.05, 3.63) is 77.9 Å². The molecule has 1 atom stereocenters. The van der Waals surface area contributed by atoms with E-state index >= 15 is 0 Å². The van der Waals surface area contributed by atoms with Gasteiger partial charge in [0, 0.05) is 37.1 Å². The van der Waals surface area contributed by atoms with Gasteiger partial charge in [-0.15, -0.1) is 0 Å². The fourth-order valence-electron chi connectivity index (χ4n) is 4.18. The molecular weight excluding hydrogens is 469 g/mol. The van der Waals surface area contributed by atoms with Crippen molar-refractivity contribution >= 4 is 15.7 Å². The number of H-pyrrole nitrogens is 1. The van der Waals surface area contributed by atoms with Gasteiger partial charge in [0.15, 0.2) is 0 Å². The van der Waals surface area contributed by atoms with Crippen molar-refractivity contribution in [3.8, 4) is 5.75 Å². The highest BCUT2D eigenvalue weighted by molar-refractivity contribution is 7.89. The summed E-state index contributed by atoms with van der Waals surface area (Å²) in [5, 5.41) is 0. The summed E-state index contributed by atoms with van der Waals surface area (Å²) in [6.45, 7) is -0.373. The number of rotatable bonds is 7. The highest BCUT2D eigenvalue weighted by Crippen LogP contribution is 2.37. The number of sulfonamides is 1. The highest BCUT2D eigenvalue weighted by atomic mass is 32.2. The minimum absolute atomic E-state index is 0.306. The third kappa shape index (κ3) is 5.05. The van der Waals surface area contributed by atoms with E-state index in [-0.39, 0.29) is 13.1 Å². The number of hydrogen-bond acceptors (Lipinski definition) is 5. The molecule has 0 radical (unpaired) electrons. The Kier molecular flexibility index (Phi) is 6.85. The Hall–Kier alpha value is -3.05. The molecule has 4 rings (SSSR count). The van der Waals surface area contributed by atoms with E-state index in [1.165, 1.54) is 13.4 Å². The van der Waals surface area contributed by atoms with Gasteiger partial charge in [0.1, 0.15) is 5.75 Å². The van der Waals surface area contributed by atoms with Crippen molar-refractivity contribution in [2.24, 2.45) is 0 Å². The summed E-state index contributed by atoms with van der Waals surface area (Å²) in [6, 6.07) is 14.0. The van der Waals surface area contributed by atoms with E-state index in [2.05, 4.69) is 9.97 Å². The number of aryl methyl sites for hydroxylation is 1. The minimum Gasteiger partial charge on any atom is -0.497 e. The Labute approximate surface area is 196 Å². The average Bonchev–Trinajstić information content (AvgIpc) is 3.27. The SMILES string of the molecule is COc1ccc2c(c1)N(Cc1cnc[nH]1)C(CCc1ccccc1)CN(S(=O)(=O)C(F)(F)F)C2. The fourth-order valence-corrected chi connectivity index (χ4v) is 5.15. The van der Waals surface area contributed by atoms with Gasteiger partial charge in [0.25, 0.3) is 0 Å². The van der Waals surface area contributed by atoms with E-state index in [1.54, 1.807) is 24.4 Å². The van der Waals surface area contributed by atoms with Crippen LogP contribution in [0.4, 0.5) is 18.9 Å². The number of nitrogens with one attached hydrogen (secondary N) is 1. The lowest BCUT2D eigenvalue weighted by Crippen LogP contribution is -2.47. The number of halogens is 3. The standard InChI is InChI=1S/C23H25F3N4O3S/c1-33-21-10-8-18-13-29(34(31,32)23(24,25)26)15-20(9-7-17-5-3-2-4-6-17)30(22(18)11-21)14-19-12-27-16-28-19/h2-6,8,10-12,16,20H,7,9,13-15H2,1H3,(H,27,28). The quantitative estimate of drug-likeness (QED) is 0.535. The summed E-state index contributed by atoms with van der Waals surface area (Å²) in [5.74, 6) is 0.530. The second kappa shape index (κ2) is 9.67. The summed E-state index contributed by atoms with van der Waals surface area (Å²) in [6.07, 6.45) is 4.19. The number of ether oxygens (including phenoxy) is 1. The number of methoxy groups -OCH3 is 1. The first-order valence-corrected chi connectivity index (χ1v) is 12.1. The van der Waals surface area contributed by atoms with Gasteiger partial charge in [-0.2, -0.15) is 17.5 Å². The number of aromatic amines is 1. The number of aromatic nitrogens is 2. The summed E-state index contributed by atoms with van der Waals surface area (Å²) >= 11 is 0. The molecule has 182 valence electrons. The van der Waals surface area contributed by atoms with Crippen LogP contribution in [-0.2, 0) is 29.5 Å². The molecule has 0 amide bonds. The summed E-state index contributed by atoms with van der Waals surface area (Å²) < 4.78 is 71.5. The number of nitrogens with zero attached hydrogens (tertiary/aromatic N) is 3. The lowest BCUT2D eigenvalue weighted by molar-refractivity contribution is -0.0492. The van der Waals surface area contributed by atoms with Crippen LogP contribution in [0.5, 0.6) is 5.75 Å². The second-order valence-electron chi connectivity index (χ2n) is 8.12. The van der Waals surface area contributed by atoms with Crippen molar-refractivity contribution in [1.29, 1.82) is 0 Å². The van der Waals surface area contributed by atoms with Crippen LogP contribution in [0.1, 0.15) is 23.2 Å². The molecule has 0 fully saturated rings. The lowest BCUT2D eigenvalue weighted by Gasteiger charge is -2.34. The summed E-state index contributed by atoms with van der Waals surface area (Å²) in [7, 11) is -4.02. The zero-order valence-corrected chi connectivity index (χ0v) is 19.3. The Morgan fingerprint density at radius 1 is 1.18 bits per heavy atom. The normalized spacial score (nSPS) is 17.3. The third-order valence-corrected chi connectivity index (χ3v) is 7.48. The molecular formula is C23H25F3N4O3S. The third-order valence-electron chi connectivity index (χ3n) is 5.94. The van der Waals surface area contributed by atoms with Crippen LogP contribution in [0.15, 0.2) is 61.1 Å². The zero-order valence-electron chi connectivity index (χ0n) is 18.5. The fraction of sp³-hybridized carbons (Fsp3) is 0.348. The Morgan fingerprint density at radius 3 is 2.59 bits per heavy atom. The van der Waals surface area contributed by atoms with E-state index in [0.717, 1.165) is 11.3 Å². The van der Waals surface area contributed by atoms with Crippen molar-refractivity contribution in [1.82, 2.24) is 14.3 Å². The average molecular weight is 495 g/mol. The number of imidazole rings is 1. The molecule has 0 saturated heterocycles. The maximum absolute atomic E-state index is 13.5. The molecule has 0 saturated carbocycles. The van der Waals surface area contributed by atoms with Crippen LogP contribution in [0.25, 0.3) is 0 Å². The molecule has 3 aromatic rings. The topological polar surface area (TPSA) is 78.5 Å². The first kappa shape index (κ1) is 24.1. The van der Waals surface area contributed by atoms with Crippen LogP contribution < -0.4 is 9.64 Å². The maximum atomic E-state index is 13.5. The molecule has 0 spiro atoms. The Morgan fingerprint density at radius 2 is 1.94 bits per heavy atom. The Balaban J connectivity index is 1.78. The van der Waals surface area contributed by atoms with E-state index in [0.29, 0.717) is 40.7 Å². The number of anilines is 1. The van der Waals surface area contributed by atoms with Gasteiger partial charge in [-0.3, -0.25) is 0 Å². The number of benzene rings is 2. The lowest BCUT2D eigenvalue weighted by atomic mass is 10.0. The first-order valence-electron chi connectivity index (χ1n) is 10.7. The van der Waals surface area contributed by atoms with E-state index in [9.17, 15) is 21.6 Å². The predicted octanol–water partition coefficient (Wildman–Crippen LogP) is 4.09. The highest BCUT2D eigenvalue weighted by Gasteiger charge is 2.51. The van der Waals surface area contributed by atoms with Crippen LogP contribution in [-0.4, -0.2) is 47.9 Å². The zero-order chi connectivity index (χ0) is 24.3. The molecule has 1 N–H and O–H groups in total. The molecule has 1 aliphatic rings. The van der Waals surface area contributed by atoms with E-state index in [1.807, 2.05) is 35.2 Å². The van der Waals surface area contributed by atoms with Gasteiger partial charge in [-0.25, -0.2) is 13.4 Å². The first-order chi connectivity index (χ1) is 16.2. The smallest absolute Gasteiger partial charge is 0.497 e. The molecule has 11 heteroatoms. The van der Waals surface area contributed by atoms with Crippen molar-refractivity contribution in [3.63, 3.8) is 0 Å². The van der Waals surface area contributed by atoms with Gasteiger partial charge in [-0.05, 0) is 30.0 Å². The molecule has 1 aliphatic heterocycles. The monoisotopic (exact) mass is 494 g/mol. The molecule has 7 nitrogen and oxygen atoms in total. The van der Waals surface area contributed by atoms with Gasteiger partial charge >= 0.3 is 15.5 Å². The maximum Gasteiger partial charge on any atom is 0.511 e. The van der Waals surface area contributed by atoms with Gasteiger partial charge in [0.2, 0.25) is 0 Å². The van der Waals surface area contributed by atoms with E-state index < -0.39 is 21.6 Å². The molecule has 0 aliphatic carbocycles. The van der Waals surface area contributed by atoms with Crippen LogP contribution in [0.2, 0.25) is 0 Å². The summed E-state index contributed by atoms with van der Waals surface area (Å²) in [5.41, 5.74) is -2.51. The summed E-state index contributed by atoms with van der Waals surface area (Å²) in [4.78, 5) is 9.02. The molecule has 1 unspecified atom stereocenters. The molecule has 1 aromatic heterocycles. The van der Waals surface area contributed by atoms with Gasteiger partial charge in [-0.1, -0.05) is 36.4 Å². The van der Waals surface area contributed by atoms with Crippen molar-refractivity contribution in [2.45, 2.75) is 37.5 Å². The number of alkyl halides is 3. The molecule has 0 bridgehead atoms. The largest absolute Gasteiger partial charge is 0.511 e. The van der Waals surface area contributed by atoms with E-state index in [4.69, 9.17) is 4.74 Å². The van der Waals surface area contributed by atoms with Gasteiger partial charge in [0.05, 0.1) is 25.7 Å². The van der Waals surface area contributed by atoms with Crippen molar-refractivity contribution < 1.29 is 26.3 Å². The second-order valence-corrected chi connectivity index (χ2v) is 10.1. The predicted molar refractivity (Wildman–Crippen MR) is 122 cm³/mol. The molecule has 2 heterocycles. The van der Waals surface area contributed by atoms with Gasteiger partial charge < -0.3 is 14.6 Å². The molecule has 2 aromatic carbocycles.